The predicted octanol–water partition coefficient (Wildman–Crippen LogP) is 3.49. The number of nitrogens with one attached hydrogen (secondary N) is 1. The van der Waals surface area contributed by atoms with Gasteiger partial charge in [0.2, 0.25) is 5.95 Å². The Morgan fingerprint density at radius 3 is 2.50 bits per heavy atom. The molecule has 1 aromatic heterocycles. The van der Waals surface area contributed by atoms with Gasteiger partial charge in [0, 0.05) is 54.4 Å². The fourth-order valence-corrected chi connectivity index (χ4v) is 5.22. The first-order chi connectivity index (χ1) is 17.3. The zero-order valence-electron chi connectivity index (χ0n) is 20.4. The lowest BCUT2D eigenvalue weighted by Crippen LogP contribution is -2.54. The van der Waals surface area contributed by atoms with E-state index in [2.05, 4.69) is 47.2 Å². The Kier molecular flexibility index (Phi) is 6.32. The van der Waals surface area contributed by atoms with E-state index in [9.17, 15) is 14.7 Å². The van der Waals surface area contributed by atoms with Gasteiger partial charge in [-0.2, -0.15) is 0 Å². The molecule has 9 nitrogen and oxygen atoms in total. The molecule has 9 heteroatoms. The number of aromatic nitrogens is 2. The number of piperidine rings is 1. The first-order valence-corrected chi connectivity index (χ1v) is 12.1. The van der Waals surface area contributed by atoms with Gasteiger partial charge in [0.15, 0.2) is 0 Å². The zero-order chi connectivity index (χ0) is 25.4. The number of carbonyl (C=O) groups is 2. The van der Waals surface area contributed by atoms with Gasteiger partial charge in [-0.3, -0.25) is 9.69 Å². The Morgan fingerprint density at radius 1 is 1.08 bits per heavy atom. The third-order valence-electron chi connectivity index (χ3n) is 6.95. The zero-order valence-corrected chi connectivity index (χ0v) is 20.4. The number of fused-ring (bicyclic) bond motifs is 1. The minimum atomic E-state index is -0.986. The van der Waals surface area contributed by atoms with Crippen molar-refractivity contribution >= 4 is 29.2 Å². The SMILES string of the molecule is Cc1cc(C)cc(Nc2ncc3c(n2)CN([C@@H]2CCN(C(=O)c4ccc(N)cc4)[C@H](C(=O)O)C2)C3)c1. The van der Waals surface area contributed by atoms with Gasteiger partial charge in [0.25, 0.3) is 5.91 Å². The quantitative estimate of drug-likeness (QED) is 0.468. The van der Waals surface area contributed by atoms with Crippen LogP contribution in [0.1, 0.15) is 45.6 Å². The molecule has 0 bridgehead atoms. The average molecular weight is 487 g/mol. The fourth-order valence-electron chi connectivity index (χ4n) is 5.22. The Balaban J connectivity index is 1.27. The monoisotopic (exact) mass is 486 g/mol. The van der Waals surface area contributed by atoms with Crippen molar-refractivity contribution in [3.05, 3.63) is 76.6 Å². The number of carboxylic acid groups (broad SMARTS) is 1. The Hall–Kier alpha value is -3.98. The van der Waals surface area contributed by atoms with E-state index >= 15 is 0 Å². The molecule has 3 aromatic rings. The Morgan fingerprint density at radius 2 is 1.81 bits per heavy atom. The molecule has 2 aliphatic heterocycles. The van der Waals surface area contributed by atoms with Crippen molar-refractivity contribution < 1.29 is 14.7 Å². The highest BCUT2D eigenvalue weighted by molar-refractivity contribution is 5.97. The van der Waals surface area contributed by atoms with Gasteiger partial charge in [-0.1, -0.05) is 6.07 Å². The predicted molar refractivity (Wildman–Crippen MR) is 137 cm³/mol. The third-order valence-corrected chi connectivity index (χ3v) is 6.95. The lowest BCUT2D eigenvalue weighted by atomic mass is 9.95. The molecule has 5 rings (SSSR count). The van der Waals surface area contributed by atoms with Crippen molar-refractivity contribution in [1.82, 2.24) is 19.8 Å². The summed E-state index contributed by atoms with van der Waals surface area (Å²) in [6, 6.07) is 12.0. The summed E-state index contributed by atoms with van der Waals surface area (Å²) in [5.41, 5.74) is 12.0. The first-order valence-electron chi connectivity index (χ1n) is 12.1. The van der Waals surface area contributed by atoms with Crippen molar-refractivity contribution in [2.45, 2.75) is 51.9 Å². The van der Waals surface area contributed by atoms with Crippen LogP contribution in [-0.4, -0.2) is 55.4 Å². The van der Waals surface area contributed by atoms with E-state index in [1.54, 1.807) is 24.3 Å². The average Bonchev–Trinajstić information content (AvgIpc) is 3.26. The van der Waals surface area contributed by atoms with E-state index in [0.29, 0.717) is 49.7 Å². The number of hydrogen-bond acceptors (Lipinski definition) is 7. The maximum atomic E-state index is 13.0. The van der Waals surface area contributed by atoms with Crippen LogP contribution in [0.15, 0.2) is 48.7 Å². The number of nitrogens with two attached hydrogens (primary N) is 1. The van der Waals surface area contributed by atoms with Gasteiger partial charge in [0.1, 0.15) is 6.04 Å². The van der Waals surface area contributed by atoms with Crippen LogP contribution in [0.2, 0.25) is 0 Å². The lowest BCUT2D eigenvalue weighted by molar-refractivity contribution is -0.144. The maximum Gasteiger partial charge on any atom is 0.326 e. The number of nitrogen functional groups attached to an aromatic ring is 1. The number of carboxylic acids is 1. The fraction of sp³-hybridized carbons (Fsp3) is 0.333. The number of nitrogens with zero attached hydrogens (tertiary/aromatic N) is 4. The standard InChI is InChI=1S/C27H30N6O3/c1-16-9-17(2)11-21(10-16)30-27-29-13-19-14-32(15-23(19)31-27)22-7-8-33(24(12-22)26(35)36)25(34)18-3-5-20(28)6-4-18/h3-6,9-11,13,22,24H,7-8,12,14-15,28H2,1-2H3,(H,35,36)(H,29,30,31)/t22-,24+/m1/s1. The van der Waals surface area contributed by atoms with Crippen LogP contribution >= 0.6 is 0 Å². The van der Waals surface area contributed by atoms with E-state index in [1.165, 1.54) is 16.0 Å². The second-order valence-electron chi connectivity index (χ2n) is 9.72. The molecular weight excluding hydrogens is 456 g/mol. The topological polar surface area (TPSA) is 125 Å². The molecule has 4 N–H and O–H groups in total. The molecule has 1 saturated heterocycles. The minimum Gasteiger partial charge on any atom is -0.480 e. The third kappa shape index (κ3) is 4.87. The second kappa shape index (κ2) is 9.58. The van der Waals surface area contributed by atoms with E-state index in [4.69, 9.17) is 10.7 Å². The molecule has 2 aromatic carbocycles. The van der Waals surface area contributed by atoms with E-state index in [-0.39, 0.29) is 11.9 Å². The summed E-state index contributed by atoms with van der Waals surface area (Å²) < 4.78 is 0. The van der Waals surface area contributed by atoms with E-state index < -0.39 is 12.0 Å². The van der Waals surface area contributed by atoms with Gasteiger partial charge in [-0.05, 0) is 74.2 Å². The lowest BCUT2D eigenvalue weighted by Gasteiger charge is -2.40. The number of hydrogen-bond donors (Lipinski definition) is 3. The molecule has 0 saturated carbocycles. The van der Waals surface area contributed by atoms with Crippen molar-refractivity contribution in [2.75, 3.05) is 17.6 Å². The summed E-state index contributed by atoms with van der Waals surface area (Å²) in [6.45, 7) is 5.78. The number of rotatable bonds is 5. The van der Waals surface area contributed by atoms with Gasteiger partial charge in [0.05, 0.1) is 5.69 Å². The summed E-state index contributed by atoms with van der Waals surface area (Å²) in [5.74, 6) is -0.716. The number of aliphatic carboxylic acids is 1. The molecule has 2 aliphatic rings. The maximum absolute atomic E-state index is 13.0. The van der Waals surface area contributed by atoms with Gasteiger partial charge >= 0.3 is 5.97 Å². The van der Waals surface area contributed by atoms with Crippen molar-refractivity contribution in [1.29, 1.82) is 0 Å². The second-order valence-corrected chi connectivity index (χ2v) is 9.72. The molecule has 0 radical (unpaired) electrons. The molecule has 1 fully saturated rings. The van der Waals surface area contributed by atoms with Crippen LogP contribution in [0, 0.1) is 13.8 Å². The van der Waals surface area contributed by atoms with Crippen molar-refractivity contribution in [3.8, 4) is 0 Å². The van der Waals surface area contributed by atoms with Crippen LogP contribution in [0.4, 0.5) is 17.3 Å². The molecule has 3 heterocycles. The number of benzene rings is 2. The molecule has 2 atom stereocenters. The van der Waals surface area contributed by atoms with Gasteiger partial charge < -0.3 is 21.1 Å². The van der Waals surface area contributed by atoms with Gasteiger partial charge in [-0.25, -0.2) is 14.8 Å². The summed E-state index contributed by atoms with van der Waals surface area (Å²) >= 11 is 0. The highest BCUT2D eigenvalue weighted by atomic mass is 16.4. The largest absolute Gasteiger partial charge is 0.480 e. The molecule has 0 spiro atoms. The molecule has 0 unspecified atom stereocenters. The first kappa shape index (κ1) is 23.7. The van der Waals surface area contributed by atoms with E-state index in [0.717, 1.165) is 16.9 Å². The Bertz CT molecular complexity index is 1290. The van der Waals surface area contributed by atoms with Crippen molar-refractivity contribution in [3.63, 3.8) is 0 Å². The van der Waals surface area contributed by atoms with Crippen LogP contribution in [0.25, 0.3) is 0 Å². The van der Waals surface area contributed by atoms with Crippen LogP contribution in [0.5, 0.6) is 0 Å². The number of carbonyl (C=O) groups excluding carboxylic acids is 1. The van der Waals surface area contributed by atoms with Crippen molar-refractivity contribution in [2.24, 2.45) is 0 Å². The van der Waals surface area contributed by atoms with E-state index in [1.807, 2.05) is 6.20 Å². The minimum absolute atomic E-state index is 0.0339. The van der Waals surface area contributed by atoms with Crippen LogP contribution < -0.4 is 11.1 Å². The molecule has 36 heavy (non-hydrogen) atoms. The van der Waals surface area contributed by atoms with Crippen LogP contribution in [0.3, 0.4) is 0 Å². The highest BCUT2D eigenvalue weighted by Gasteiger charge is 2.40. The summed E-state index contributed by atoms with van der Waals surface area (Å²) in [4.78, 5) is 38.1. The normalized spacial score (nSPS) is 19.7. The molecular formula is C27H30N6O3. The number of likely N-dealkylation sites (tertiary alicyclic amines) is 1. The summed E-state index contributed by atoms with van der Waals surface area (Å²) in [6.07, 6.45) is 2.91. The smallest absolute Gasteiger partial charge is 0.326 e. The molecule has 1 amide bonds. The van der Waals surface area contributed by atoms with Crippen LogP contribution in [-0.2, 0) is 17.9 Å². The highest BCUT2D eigenvalue weighted by Crippen LogP contribution is 2.31. The number of anilines is 3. The van der Waals surface area contributed by atoms with Gasteiger partial charge in [-0.15, -0.1) is 0 Å². The molecule has 0 aliphatic carbocycles. The summed E-state index contributed by atoms with van der Waals surface area (Å²) in [5, 5.41) is 13.2. The number of amides is 1. The molecule has 186 valence electrons. The summed E-state index contributed by atoms with van der Waals surface area (Å²) in [7, 11) is 0. The Labute approximate surface area is 210 Å². The number of aryl methyl sites for hydroxylation is 2.